The lowest BCUT2D eigenvalue weighted by molar-refractivity contribution is -0.128. The molecule has 1 heterocycles. The molecule has 1 aliphatic heterocycles. The number of alkyl halides is 1. The van der Waals surface area contributed by atoms with E-state index in [0.717, 1.165) is 19.3 Å². The number of carbonyl (C=O) groups excluding carboxylic acids is 1. The molecule has 1 aromatic rings. The van der Waals surface area contributed by atoms with Gasteiger partial charge in [-0.05, 0) is 37.2 Å². The van der Waals surface area contributed by atoms with E-state index in [1.54, 1.807) is 6.54 Å². The molecule has 1 aliphatic carbocycles. The van der Waals surface area contributed by atoms with Gasteiger partial charge in [0.2, 0.25) is 5.91 Å². The molecule has 119 valence electrons. The summed E-state index contributed by atoms with van der Waals surface area (Å²) in [6.45, 7) is 2.23. The van der Waals surface area contributed by atoms with E-state index < -0.39 is 6.17 Å². The van der Waals surface area contributed by atoms with Crippen LogP contribution in [0.3, 0.4) is 0 Å². The Balaban J connectivity index is 1.39. The zero-order valence-electron chi connectivity index (χ0n) is 12.9. The molecule has 1 saturated heterocycles. The first-order valence-corrected chi connectivity index (χ1v) is 8.25. The highest BCUT2D eigenvalue weighted by Crippen LogP contribution is 2.28. The average Bonchev–Trinajstić information content (AvgIpc) is 3.15. The van der Waals surface area contributed by atoms with Gasteiger partial charge in [-0.2, -0.15) is 0 Å². The Kier molecular flexibility index (Phi) is 5.08. The lowest BCUT2D eigenvalue weighted by atomic mass is 9.98. The molecule has 0 aromatic heterocycles. The van der Waals surface area contributed by atoms with E-state index in [1.807, 2.05) is 6.07 Å². The van der Waals surface area contributed by atoms with Crippen molar-refractivity contribution in [1.82, 2.24) is 10.2 Å². The molecule has 3 rings (SSSR count). The molecule has 22 heavy (non-hydrogen) atoms. The van der Waals surface area contributed by atoms with Crippen LogP contribution in [0.15, 0.2) is 30.3 Å². The molecule has 2 aliphatic rings. The fourth-order valence-electron chi connectivity index (χ4n) is 3.53. The zero-order valence-corrected chi connectivity index (χ0v) is 12.9. The quantitative estimate of drug-likeness (QED) is 0.907. The summed E-state index contributed by atoms with van der Waals surface area (Å²) in [4.78, 5) is 13.5. The van der Waals surface area contributed by atoms with Gasteiger partial charge in [0.05, 0.1) is 19.6 Å². The molecule has 1 amide bonds. The Bertz CT molecular complexity index is 493. The van der Waals surface area contributed by atoms with Crippen LogP contribution in [-0.4, -0.2) is 36.1 Å². The SMILES string of the molecule is O=C(CN[C@@H]1CC[C@H](Cc2ccccc2)C1)N1[CH]C[C@H](F)C1. The van der Waals surface area contributed by atoms with Crippen molar-refractivity contribution >= 4 is 5.91 Å². The molecule has 1 saturated carbocycles. The minimum absolute atomic E-state index is 0.00772. The van der Waals surface area contributed by atoms with E-state index in [0.29, 0.717) is 24.9 Å². The smallest absolute Gasteiger partial charge is 0.236 e. The van der Waals surface area contributed by atoms with Crippen LogP contribution in [-0.2, 0) is 11.2 Å². The molecule has 0 bridgehead atoms. The second-order valence-corrected chi connectivity index (χ2v) is 6.51. The number of nitrogens with zero attached hydrogens (tertiary/aromatic N) is 1. The molecule has 1 N–H and O–H groups in total. The van der Waals surface area contributed by atoms with Gasteiger partial charge in [0, 0.05) is 12.5 Å². The first-order chi connectivity index (χ1) is 10.7. The standard InChI is InChI=1S/C18H24FN2O/c19-16-8-9-21(13-16)18(22)12-20-17-7-6-15(11-17)10-14-4-2-1-3-5-14/h1-5,9,15-17,20H,6-8,10-13H2/t15-,16+,17-/m1/s1. The van der Waals surface area contributed by atoms with E-state index in [1.165, 1.54) is 16.9 Å². The predicted molar refractivity (Wildman–Crippen MR) is 84.8 cm³/mol. The number of carbonyl (C=O) groups is 1. The average molecular weight is 303 g/mol. The molecule has 2 fully saturated rings. The van der Waals surface area contributed by atoms with Crippen molar-refractivity contribution in [1.29, 1.82) is 0 Å². The molecule has 4 heteroatoms. The number of benzene rings is 1. The molecule has 0 unspecified atom stereocenters. The molecular weight excluding hydrogens is 279 g/mol. The zero-order chi connectivity index (χ0) is 15.4. The van der Waals surface area contributed by atoms with Gasteiger partial charge in [0.1, 0.15) is 6.17 Å². The largest absolute Gasteiger partial charge is 0.334 e. The Hall–Kier alpha value is -1.42. The summed E-state index contributed by atoms with van der Waals surface area (Å²) in [6, 6.07) is 11.0. The van der Waals surface area contributed by atoms with Crippen molar-refractivity contribution in [2.24, 2.45) is 5.92 Å². The van der Waals surface area contributed by atoms with Gasteiger partial charge in [-0.15, -0.1) is 0 Å². The monoisotopic (exact) mass is 303 g/mol. The normalized spacial score (nSPS) is 28.2. The van der Waals surface area contributed by atoms with E-state index >= 15 is 0 Å². The Labute approximate surface area is 131 Å². The van der Waals surface area contributed by atoms with E-state index in [-0.39, 0.29) is 12.5 Å². The fourth-order valence-corrected chi connectivity index (χ4v) is 3.53. The van der Waals surface area contributed by atoms with Crippen molar-refractivity contribution in [2.75, 3.05) is 13.1 Å². The third-order valence-corrected chi connectivity index (χ3v) is 4.75. The number of hydrogen-bond donors (Lipinski definition) is 1. The summed E-state index contributed by atoms with van der Waals surface area (Å²) in [5, 5.41) is 3.36. The van der Waals surface area contributed by atoms with Crippen LogP contribution in [0.2, 0.25) is 0 Å². The second kappa shape index (κ2) is 7.23. The lowest BCUT2D eigenvalue weighted by Crippen LogP contribution is -2.39. The Morgan fingerprint density at radius 3 is 2.82 bits per heavy atom. The number of nitrogens with one attached hydrogen (secondary N) is 1. The number of rotatable bonds is 5. The summed E-state index contributed by atoms with van der Waals surface area (Å²) in [7, 11) is 0. The maximum Gasteiger partial charge on any atom is 0.236 e. The number of hydrogen-bond acceptors (Lipinski definition) is 2. The van der Waals surface area contributed by atoms with Crippen molar-refractivity contribution in [3.05, 3.63) is 42.4 Å². The summed E-state index contributed by atoms with van der Waals surface area (Å²) >= 11 is 0. The minimum Gasteiger partial charge on any atom is -0.334 e. The van der Waals surface area contributed by atoms with Gasteiger partial charge < -0.3 is 10.2 Å². The van der Waals surface area contributed by atoms with Crippen molar-refractivity contribution in [2.45, 2.75) is 44.3 Å². The highest BCUT2D eigenvalue weighted by atomic mass is 19.1. The van der Waals surface area contributed by atoms with Crippen LogP contribution >= 0.6 is 0 Å². The lowest BCUT2D eigenvalue weighted by Gasteiger charge is -2.18. The topological polar surface area (TPSA) is 32.3 Å². The summed E-state index contributed by atoms with van der Waals surface area (Å²) in [5.74, 6) is 0.690. The summed E-state index contributed by atoms with van der Waals surface area (Å²) < 4.78 is 13.1. The number of likely N-dealkylation sites (tertiary alicyclic amines) is 1. The molecule has 0 spiro atoms. The van der Waals surface area contributed by atoms with Gasteiger partial charge in [-0.25, -0.2) is 4.39 Å². The van der Waals surface area contributed by atoms with Crippen molar-refractivity contribution in [3.8, 4) is 0 Å². The van der Waals surface area contributed by atoms with Crippen LogP contribution in [0.1, 0.15) is 31.2 Å². The first kappa shape index (κ1) is 15.5. The Morgan fingerprint density at radius 2 is 2.09 bits per heavy atom. The van der Waals surface area contributed by atoms with Crippen LogP contribution in [0.5, 0.6) is 0 Å². The van der Waals surface area contributed by atoms with Crippen molar-refractivity contribution < 1.29 is 9.18 Å². The van der Waals surface area contributed by atoms with E-state index in [4.69, 9.17) is 0 Å². The maximum absolute atomic E-state index is 13.1. The van der Waals surface area contributed by atoms with Gasteiger partial charge >= 0.3 is 0 Å². The van der Waals surface area contributed by atoms with Crippen LogP contribution in [0, 0.1) is 12.5 Å². The summed E-state index contributed by atoms with van der Waals surface area (Å²) in [5.41, 5.74) is 1.39. The number of amides is 1. The van der Waals surface area contributed by atoms with Crippen LogP contribution in [0.25, 0.3) is 0 Å². The summed E-state index contributed by atoms with van der Waals surface area (Å²) in [6.07, 6.45) is 4.07. The van der Waals surface area contributed by atoms with Crippen LogP contribution < -0.4 is 5.32 Å². The van der Waals surface area contributed by atoms with E-state index in [9.17, 15) is 9.18 Å². The van der Waals surface area contributed by atoms with Crippen LogP contribution in [0.4, 0.5) is 4.39 Å². The molecule has 1 aromatic carbocycles. The highest BCUT2D eigenvalue weighted by Gasteiger charge is 2.28. The molecule has 3 nitrogen and oxygen atoms in total. The fraction of sp³-hybridized carbons (Fsp3) is 0.556. The van der Waals surface area contributed by atoms with E-state index in [2.05, 4.69) is 29.6 Å². The number of halogens is 1. The molecule has 1 radical (unpaired) electrons. The highest BCUT2D eigenvalue weighted by molar-refractivity contribution is 5.79. The maximum atomic E-state index is 13.1. The predicted octanol–water partition coefficient (Wildman–Crippen LogP) is 2.72. The minimum atomic E-state index is -0.884. The van der Waals surface area contributed by atoms with Gasteiger partial charge in [-0.3, -0.25) is 4.79 Å². The molecular formula is C18H24FN2O. The third kappa shape index (κ3) is 4.07. The second-order valence-electron chi connectivity index (χ2n) is 6.51. The van der Waals surface area contributed by atoms with Crippen molar-refractivity contribution in [3.63, 3.8) is 0 Å². The van der Waals surface area contributed by atoms with Gasteiger partial charge in [0.25, 0.3) is 0 Å². The third-order valence-electron chi connectivity index (χ3n) is 4.75. The van der Waals surface area contributed by atoms with Gasteiger partial charge in [-0.1, -0.05) is 30.3 Å². The van der Waals surface area contributed by atoms with Gasteiger partial charge in [0.15, 0.2) is 0 Å². The first-order valence-electron chi connectivity index (χ1n) is 8.25. The Morgan fingerprint density at radius 1 is 1.27 bits per heavy atom. The molecule has 3 atom stereocenters.